The van der Waals surface area contributed by atoms with Crippen LogP contribution in [0.2, 0.25) is 0 Å². The average molecular weight is 418 g/mol. The summed E-state index contributed by atoms with van der Waals surface area (Å²) in [5.74, 6) is -0.464. The molecular weight excluding hydrogens is 390 g/mol. The molecule has 3 heterocycles. The second-order valence-electron chi connectivity index (χ2n) is 8.42. The highest BCUT2D eigenvalue weighted by Crippen LogP contribution is 2.35. The number of imide groups is 1. The molecule has 0 bridgehead atoms. The molecule has 1 aliphatic heterocycles. The van der Waals surface area contributed by atoms with E-state index in [1.54, 1.807) is 13.8 Å². The van der Waals surface area contributed by atoms with Crippen LogP contribution < -0.4 is 10.6 Å². The number of aryl methyl sites for hydroxylation is 1. The van der Waals surface area contributed by atoms with Gasteiger partial charge in [-0.1, -0.05) is 19.3 Å². The van der Waals surface area contributed by atoms with Crippen LogP contribution in [0, 0.1) is 6.92 Å². The molecule has 2 aromatic heterocycles. The number of thiophene rings is 1. The molecular formula is C20H27N5O3S. The lowest BCUT2D eigenvalue weighted by atomic mass is 9.96. The van der Waals surface area contributed by atoms with Gasteiger partial charge in [-0.2, -0.15) is 5.10 Å². The van der Waals surface area contributed by atoms with Crippen molar-refractivity contribution < 1.29 is 14.4 Å². The minimum absolute atomic E-state index is 0.152. The molecule has 0 atom stereocenters. The first kappa shape index (κ1) is 19.9. The highest BCUT2D eigenvalue weighted by Gasteiger charge is 2.43. The molecule has 8 nitrogen and oxygen atoms in total. The molecule has 156 valence electrons. The van der Waals surface area contributed by atoms with E-state index in [0.29, 0.717) is 10.9 Å². The van der Waals surface area contributed by atoms with Gasteiger partial charge in [0.25, 0.3) is 11.8 Å². The smallest absolute Gasteiger partial charge is 0.325 e. The van der Waals surface area contributed by atoms with Crippen molar-refractivity contribution >= 4 is 39.4 Å². The second kappa shape index (κ2) is 7.44. The Bertz CT molecular complexity index is 970. The predicted octanol–water partition coefficient (Wildman–Crippen LogP) is 2.97. The van der Waals surface area contributed by atoms with Crippen molar-refractivity contribution in [1.29, 1.82) is 0 Å². The van der Waals surface area contributed by atoms with Gasteiger partial charge in [0.2, 0.25) is 0 Å². The zero-order valence-corrected chi connectivity index (χ0v) is 17.9. The van der Waals surface area contributed by atoms with Crippen molar-refractivity contribution in [2.75, 3.05) is 13.1 Å². The van der Waals surface area contributed by atoms with Gasteiger partial charge in [0.1, 0.15) is 10.4 Å². The van der Waals surface area contributed by atoms with Gasteiger partial charge in [0.05, 0.1) is 16.6 Å². The zero-order chi connectivity index (χ0) is 20.8. The lowest BCUT2D eigenvalue weighted by Gasteiger charge is -2.22. The molecule has 2 N–H and O–H groups in total. The molecule has 29 heavy (non-hydrogen) atoms. The Balaban J connectivity index is 1.43. The lowest BCUT2D eigenvalue weighted by molar-refractivity contribution is -0.130. The largest absolute Gasteiger partial charge is 0.350 e. The fourth-order valence-corrected chi connectivity index (χ4v) is 5.30. The Labute approximate surface area is 173 Å². The number of nitrogens with zero attached hydrogens (tertiary/aromatic N) is 3. The molecule has 4 rings (SSSR count). The van der Waals surface area contributed by atoms with Gasteiger partial charge in [0, 0.05) is 18.5 Å². The van der Waals surface area contributed by atoms with E-state index in [1.807, 2.05) is 13.0 Å². The van der Waals surface area contributed by atoms with E-state index >= 15 is 0 Å². The van der Waals surface area contributed by atoms with Gasteiger partial charge in [-0.05, 0) is 39.7 Å². The summed E-state index contributed by atoms with van der Waals surface area (Å²) < 4.78 is 2.11. The topological polar surface area (TPSA) is 96.3 Å². The fraction of sp³-hybridized carbons (Fsp3) is 0.600. The minimum atomic E-state index is -0.894. The Morgan fingerprint density at radius 1 is 1.31 bits per heavy atom. The molecule has 1 saturated carbocycles. The number of aromatic nitrogens is 2. The van der Waals surface area contributed by atoms with Crippen molar-refractivity contribution in [1.82, 2.24) is 25.3 Å². The van der Waals surface area contributed by atoms with Gasteiger partial charge in [-0.25, -0.2) is 4.79 Å². The Kier molecular flexibility index (Phi) is 5.10. The monoisotopic (exact) mass is 417 g/mol. The van der Waals surface area contributed by atoms with Crippen molar-refractivity contribution in [3.05, 3.63) is 16.6 Å². The molecule has 0 spiro atoms. The number of urea groups is 1. The van der Waals surface area contributed by atoms with Crippen molar-refractivity contribution in [3.63, 3.8) is 0 Å². The van der Waals surface area contributed by atoms with Crippen LogP contribution in [0.3, 0.4) is 0 Å². The molecule has 1 aliphatic carbocycles. The highest BCUT2D eigenvalue weighted by molar-refractivity contribution is 7.20. The summed E-state index contributed by atoms with van der Waals surface area (Å²) in [6.45, 7) is 5.69. The molecule has 9 heteroatoms. The number of hydrogen-bond donors (Lipinski definition) is 2. The van der Waals surface area contributed by atoms with Crippen molar-refractivity contribution in [3.8, 4) is 0 Å². The van der Waals surface area contributed by atoms with E-state index in [4.69, 9.17) is 5.10 Å². The summed E-state index contributed by atoms with van der Waals surface area (Å²) in [6.07, 6.45) is 6.01. The summed E-state index contributed by atoms with van der Waals surface area (Å²) in [5.41, 5.74) is 0.0529. The van der Waals surface area contributed by atoms with Crippen molar-refractivity contribution in [2.24, 2.45) is 0 Å². The molecule has 0 unspecified atom stereocenters. The van der Waals surface area contributed by atoms with Crippen molar-refractivity contribution in [2.45, 2.75) is 64.5 Å². The SMILES string of the molecule is Cc1nn(C2CCCCC2)c2sc(C(=O)NCCN3C(=O)NC(C)(C)C3=O)cc12. The molecule has 2 aliphatic rings. The van der Waals surface area contributed by atoms with Gasteiger partial charge in [-0.15, -0.1) is 11.3 Å². The van der Waals surface area contributed by atoms with E-state index in [1.165, 1.54) is 30.6 Å². The highest BCUT2D eigenvalue weighted by atomic mass is 32.1. The van der Waals surface area contributed by atoms with Gasteiger partial charge < -0.3 is 10.6 Å². The number of hydrogen-bond acceptors (Lipinski definition) is 5. The van der Waals surface area contributed by atoms with E-state index in [2.05, 4.69) is 15.3 Å². The molecule has 1 saturated heterocycles. The van der Waals surface area contributed by atoms with Crippen LogP contribution in [0.15, 0.2) is 6.07 Å². The van der Waals surface area contributed by atoms with Crippen LogP contribution in [-0.4, -0.2) is 51.2 Å². The minimum Gasteiger partial charge on any atom is -0.350 e. The third kappa shape index (κ3) is 3.63. The maximum atomic E-state index is 12.6. The van der Waals surface area contributed by atoms with Crippen LogP contribution in [-0.2, 0) is 4.79 Å². The van der Waals surface area contributed by atoms with E-state index in [9.17, 15) is 14.4 Å². The third-order valence-electron chi connectivity index (χ3n) is 5.78. The van der Waals surface area contributed by atoms with Gasteiger partial charge >= 0.3 is 6.03 Å². The Morgan fingerprint density at radius 2 is 2.03 bits per heavy atom. The first-order chi connectivity index (χ1) is 13.8. The van der Waals surface area contributed by atoms with E-state index in [-0.39, 0.29) is 24.9 Å². The standard InChI is InChI=1S/C20H27N5O3S/c1-12-14-11-15(29-17(14)25(23-12)13-7-5-4-6-8-13)16(26)21-9-10-24-18(27)20(2,3)22-19(24)28/h11,13H,4-10H2,1-3H3,(H,21,26)(H,22,28). The van der Waals surface area contributed by atoms with Gasteiger partial charge in [0.15, 0.2) is 0 Å². The number of carbonyl (C=O) groups is 3. The summed E-state index contributed by atoms with van der Waals surface area (Å²) >= 11 is 1.46. The summed E-state index contributed by atoms with van der Waals surface area (Å²) in [7, 11) is 0. The van der Waals surface area contributed by atoms with Crippen LogP contribution in [0.4, 0.5) is 4.79 Å². The van der Waals surface area contributed by atoms with Crippen LogP contribution in [0.1, 0.15) is 67.4 Å². The second-order valence-corrected chi connectivity index (χ2v) is 9.45. The number of fused-ring (bicyclic) bond motifs is 1. The maximum Gasteiger partial charge on any atom is 0.325 e. The third-order valence-corrected chi connectivity index (χ3v) is 6.90. The lowest BCUT2D eigenvalue weighted by Crippen LogP contribution is -2.41. The number of carbonyl (C=O) groups excluding carboxylic acids is 3. The molecule has 0 radical (unpaired) electrons. The summed E-state index contributed by atoms with van der Waals surface area (Å²) in [5, 5.41) is 11.2. The zero-order valence-electron chi connectivity index (χ0n) is 17.1. The molecule has 2 aromatic rings. The quantitative estimate of drug-likeness (QED) is 0.731. The maximum absolute atomic E-state index is 12.6. The van der Waals surface area contributed by atoms with Crippen LogP contribution in [0.25, 0.3) is 10.2 Å². The van der Waals surface area contributed by atoms with Crippen LogP contribution in [0.5, 0.6) is 0 Å². The number of rotatable bonds is 5. The summed E-state index contributed by atoms with van der Waals surface area (Å²) in [4.78, 5) is 39.6. The first-order valence-electron chi connectivity index (χ1n) is 10.2. The summed E-state index contributed by atoms with van der Waals surface area (Å²) in [6, 6.07) is 1.89. The van der Waals surface area contributed by atoms with E-state index < -0.39 is 11.6 Å². The van der Waals surface area contributed by atoms with Crippen LogP contribution >= 0.6 is 11.3 Å². The Morgan fingerprint density at radius 3 is 2.69 bits per heavy atom. The van der Waals surface area contributed by atoms with E-state index in [0.717, 1.165) is 33.7 Å². The Hall–Kier alpha value is -2.42. The molecule has 0 aromatic carbocycles. The number of nitrogens with one attached hydrogen (secondary N) is 2. The first-order valence-corrected chi connectivity index (χ1v) is 11.0. The fourth-order valence-electron chi connectivity index (χ4n) is 4.15. The molecule has 2 fully saturated rings. The van der Waals surface area contributed by atoms with Gasteiger partial charge in [-0.3, -0.25) is 19.2 Å². The average Bonchev–Trinajstić information content (AvgIpc) is 3.30. The molecule has 4 amide bonds. The number of amides is 4. The predicted molar refractivity (Wildman–Crippen MR) is 111 cm³/mol. The normalized spacial score (nSPS) is 19.8.